The molecule has 19 heavy (non-hydrogen) atoms. The Balaban J connectivity index is 2.56. The van der Waals surface area contributed by atoms with E-state index in [2.05, 4.69) is 11.1 Å². The van der Waals surface area contributed by atoms with Crippen LogP contribution < -0.4 is 0 Å². The lowest BCUT2D eigenvalue weighted by molar-refractivity contribution is -0.131. The molecule has 0 radical (unpaired) electrons. The summed E-state index contributed by atoms with van der Waals surface area (Å²) in [6, 6.07) is 5.79. The van der Waals surface area contributed by atoms with Crippen LogP contribution in [0.5, 0.6) is 0 Å². The van der Waals surface area contributed by atoms with Crippen molar-refractivity contribution in [3.05, 3.63) is 30.1 Å². The lowest BCUT2D eigenvalue weighted by Gasteiger charge is -2.21. The van der Waals surface area contributed by atoms with Gasteiger partial charge in [0.2, 0.25) is 5.91 Å². The van der Waals surface area contributed by atoms with E-state index in [1.807, 2.05) is 12.1 Å². The number of carbonyl (C=O) groups is 1. The Kier molecular flexibility index (Phi) is 7.21. The molecule has 0 atom stereocenters. The van der Waals surface area contributed by atoms with Gasteiger partial charge in [-0.25, -0.2) is 0 Å². The Morgan fingerprint density at radius 1 is 1.47 bits per heavy atom. The summed E-state index contributed by atoms with van der Waals surface area (Å²) in [5, 5.41) is 17.4. The number of aliphatic hydroxyl groups is 1. The number of carbonyl (C=O) groups excluding carboxylic acids is 1. The van der Waals surface area contributed by atoms with Gasteiger partial charge in [0.05, 0.1) is 12.5 Å². The average Bonchev–Trinajstić information content (AvgIpc) is 2.44. The van der Waals surface area contributed by atoms with Crippen LogP contribution in [0.3, 0.4) is 0 Å². The number of aromatic nitrogens is 1. The largest absolute Gasteiger partial charge is 0.396 e. The SMILES string of the molecule is N#CCCN(Cc1cccnc1)C(=O)CCCCO. The maximum absolute atomic E-state index is 12.0. The van der Waals surface area contributed by atoms with Gasteiger partial charge >= 0.3 is 0 Å². The summed E-state index contributed by atoms with van der Waals surface area (Å²) in [5.41, 5.74) is 0.955. The van der Waals surface area contributed by atoms with Crippen molar-refractivity contribution < 1.29 is 9.90 Å². The van der Waals surface area contributed by atoms with Gasteiger partial charge in [-0.05, 0) is 24.5 Å². The van der Waals surface area contributed by atoms with E-state index in [9.17, 15) is 4.79 Å². The molecule has 1 aromatic heterocycles. The summed E-state index contributed by atoms with van der Waals surface area (Å²) in [5.74, 6) is 0.0209. The Morgan fingerprint density at radius 2 is 2.32 bits per heavy atom. The first kappa shape index (κ1) is 15.1. The van der Waals surface area contributed by atoms with E-state index in [1.54, 1.807) is 17.3 Å². The quantitative estimate of drug-likeness (QED) is 0.719. The molecule has 0 unspecified atom stereocenters. The van der Waals surface area contributed by atoms with Crippen LogP contribution in [-0.2, 0) is 11.3 Å². The number of rotatable bonds is 8. The molecule has 5 nitrogen and oxygen atoms in total. The molecule has 0 aliphatic carbocycles. The fourth-order valence-corrected chi connectivity index (χ4v) is 1.74. The molecule has 0 aromatic carbocycles. The zero-order valence-corrected chi connectivity index (χ0v) is 11.0. The third-order valence-corrected chi connectivity index (χ3v) is 2.74. The zero-order valence-electron chi connectivity index (χ0n) is 11.0. The number of nitriles is 1. The minimum Gasteiger partial charge on any atom is -0.396 e. The second-order valence-electron chi connectivity index (χ2n) is 4.27. The Labute approximate surface area is 113 Å². The number of amides is 1. The molecule has 0 aliphatic rings. The fraction of sp³-hybridized carbons (Fsp3) is 0.500. The second-order valence-corrected chi connectivity index (χ2v) is 4.27. The summed E-state index contributed by atoms with van der Waals surface area (Å²) in [7, 11) is 0. The van der Waals surface area contributed by atoms with Gasteiger partial charge in [0.1, 0.15) is 0 Å². The van der Waals surface area contributed by atoms with Crippen molar-refractivity contribution in [2.45, 2.75) is 32.2 Å². The van der Waals surface area contributed by atoms with Crippen LogP contribution in [0, 0.1) is 11.3 Å². The first-order chi connectivity index (χ1) is 9.27. The third-order valence-electron chi connectivity index (χ3n) is 2.74. The van der Waals surface area contributed by atoms with Crippen LogP contribution in [0.4, 0.5) is 0 Å². The van der Waals surface area contributed by atoms with Crippen LogP contribution in [0.15, 0.2) is 24.5 Å². The van der Waals surface area contributed by atoms with Crippen molar-refractivity contribution in [2.24, 2.45) is 0 Å². The van der Waals surface area contributed by atoms with Gasteiger partial charge in [-0.2, -0.15) is 5.26 Å². The lowest BCUT2D eigenvalue weighted by Crippen LogP contribution is -2.31. The van der Waals surface area contributed by atoms with Crippen LogP contribution in [-0.4, -0.2) is 34.0 Å². The predicted octanol–water partition coefficient (Wildman–Crippen LogP) is 1.49. The molecule has 0 saturated heterocycles. The molecule has 0 bridgehead atoms. The molecule has 1 N–H and O–H groups in total. The molecule has 0 aliphatic heterocycles. The highest BCUT2D eigenvalue weighted by molar-refractivity contribution is 5.76. The van der Waals surface area contributed by atoms with Gasteiger partial charge in [0, 0.05) is 38.5 Å². The molecule has 1 aromatic rings. The third kappa shape index (κ3) is 5.98. The van der Waals surface area contributed by atoms with Gasteiger partial charge in [0.25, 0.3) is 0 Å². The topological polar surface area (TPSA) is 77.2 Å². The Hall–Kier alpha value is -1.93. The number of hydrogen-bond donors (Lipinski definition) is 1. The van der Waals surface area contributed by atoms with E-state index in [4.69, 9.17) is 10.4 Å². The summed E-state index contributed by atoms with van der Waals surface area (Å²) in [6.07, 6.45) is 5.45. The van der Waals surface area contributed by atoms with Crippen molar-refractivity contribution in [2.75, 3.05) is 13.2 Å². The van der Waals surface area contributed by atoms with Gasteiger partial charge in [-0.3, -0.25) is 9.78 Å². The molecule has 1 heterocycles. The fourth-order valence-electron chi connectivity index (χ4n) is 1.74. The summed E-state index contributed by atoms with van der Waals surface area (Å²) in [6.45, 7) is 1.02. The van der Waals surface area contributed by atoms with Crippen molar-refractivity contribution >= 4 is 5.91 Å². The first-order valence-corrected chi connectivity index (χ1v) is 6.42. The Bertz CT molecular complexity index is 414. The van der Waals surface area contributed by atoms with E-state index in [0.29, 0.717) is 38.8 Å². The lowest BCUT2D eigenvalue weighted by atomic mass is 10.2. The van der Waals surface area contributed by atoms with E-state index in [1.165, 1.54) is 0 Å². The summed E-state index contributed by atoms with van der Waals surface area (Å²) >= 11 is 0. The molecule has 0 spiro atoms. The summed E-state index contributed by atoms with van der Waals surface area (Å²) < 4.78 is 0. The van der Waals surface area contributed by atoms with E-state index >= 15 is 0 Å². The Morgan fingerprint density at radius 3 is 2.95 bits per heavy atom. The highest BCUT2D eigenvalue weighted by Crippen LogP contribution is 2.08. The second kappa shape index (κ2) is 9.06. The normalized spacial score (nSPS) is 9.89. The number of hydrogen-bond acceptors (Lipinski definition) is 4. The van der Waals surface area contributed by atoms with Gasteiger partial charge in [-0.15, -0.1) is 0 Å². The molecular formula is C14H19N3O2. The van der Waals surface area contributed by atoms with E-state index in [-0.39, 0.29) is 12.5 Å². The van der Waals surface area contributed by atoms with Gasteiger partial charge in [-0.1, -0.05) is 6.07 Å². The maximum Gasteiger partial charge on any atom is 0.222 e. The van der Waals surface area contributed by atoms with Crippen LogP contribution >= 0.6 is 0 Å². The maximum atomic E-state index is 12.0. The molecule has 0 fully saturated rings. The monoisotopic (exact) mass is 261 g/mol. The van der Waals surface area contributed by atoms with Crippen molar-refractivity contribution in [3.63, 3.8) is 0 Å². The van der Waals surface area contributed by atoms with E-state index in [0.717, 1.165) is 5.56 Å². The number of pyridine rings is 1. The molecule has 1 amide bonds. The molecule has 1 rings (SSSR count). The van der Waals surface area contributed by atoms with Crippen molar-refractivity contribution in [1.82, 2.24) is 9.88 Å². The summed E-state index contributed by atoms with van der Waals surface area (Å²) in [4.78, 5) is 17.7. The highest BCUT2D eigenvalue weighted by Gasteiger charge is 2.13. The average molecular weight is 261 g/mol. The molecule has 102 valence electrons. The highest BCUT2D eigenvalue weighted by atomic mass is 16.3. The molecule has 5 heteroatoms. The van der Waals surface area contributed by atoms with Crippen LogP contribution in [0.2, 0.25) is 0 Å². The molecular weight excluding hydrogens is 242 g/mol. The van der Waals surface area contributed by atoms with Gasteiger partial charge < -0.3 is 10.0 Å². The smallest absolute Gasteiger partial charge is 0.222 e. The molecule has 0 saturated carbocycles. The van der Waals surface area contributed by atoms with Crippen LogP contribution in [0.1, 0.15) is 31.2 Å². The van der Waals surface area contributed by atoms with Crippen LogP contribution in [0.25, 0.3) is 0 Å². The van der Waals surface area contributed by atoms with Crippen molar-refractivity contribution in [1.29, 1.82) is 5.26 Å². The standard InChI is InChI=1S/C14H19N3O2/c15-7-4-9-17(14(19)6-1-2-10-18)12-13-5-3-8-16-11-13/h3,5,8,11,18H,1-2,4,6,9-10,12H2. The van der Waals surface area contributed by atoms with E-state index < -0.39 is 0 Å². The first-order valence-electron chi connectivity index (χ1n) is 6.42. The number of aliphatic hydroxyl groups excluding tert-OH is 1. The predicted molar refractivity (Wildman–Crippen MR) is 70.8 cm³/mol. The number of nitrogens with zero attached hydrogens (tertiary/aromatic N) is 3. The van der Waals surface area contributed by atoms with Crippen molar-refractivity contribution in [3.8, 4) is 6.07 Å². The van der Waals surface area contributed by atoms with Gasteiger partial charge in [0.15, 0.2) is 0 Å². The zero-order chi connectivity index (χ0) is 13.9. The minimum absolute atomic E-state index is 0.0209. The number of unbranched alkanes of at least 4 members (excludes halogenated alkanes) is 1. The minimum atomic E-state index is 0.0209.